The second-order valence-electron chi connectivity index (χ2n) is 12.8. The zero-order valence-corrected chi connectivity index (χ0v) is 34.0. The van der Waals surface area contributed by atoms with Gasteiger partial charge in [-0.3, -0.25) is 28.8 Å². The molecule has 0 radical (unpaired) electrons. The normalized spacial score (nSPS) is 12.3. The molecular weight excluding hydrogens is 773 g/mol. The van der Waals surface area contributed by atoms with Crippen LogP contribution in [0.2, 0.25) is 0 Å². The van der Waals surface area contributed by atoms with Gasteiger partial charge in [0.25, 0.3) is 11.8 Å². The zero-order chi connectivity index (χ0) is 43.3. The first-order valence-electron chi connectivity index (χ1n) is 19.2. The van der Waals surface area contributed by atoms with Gasteiger partial charge < -0.3 is 50.8 Å². The molecular formula is C44H46N6O10. The van der Waals surface area contributed by atoms with Crippen molar-refractivity contribution in [1.82, 2.24) is 10.6 Å². The van der Waals surface area contributed by atoms with E-state index < -0.39 is 58.0 Å². The molecule has 4 aromatic carbocycles. The fourth-order valence-corrected chi connectivity index (χ4v) is 5.98. The summed E-state index contributed by atoms with van der Waals surface area (Å²) in [6, 6.07) is 23.0. The Balaban J connectivity index is 1.59. The fourth-order valence-electron chi connectivity index (χ4n) is 5.98. The summed E-state index contributed by atoms with van der Waals surface area (Å²) in [4.78, 5) is 80.7. The van der Waals surface area contributed by atoms with Crippen LogP contribution in [0.4, 0.5) is 22.7 Å². The predicted molar refractivity (Wildman–Crippen MR) is 225 cm³/mol. The van der Waals surface area contributed by atoms with E-state index in [1.807, 2.05) is 0 Å². The molecule has 0 saturated carbocycles. The topological polar surface area (TPSA) is 212 Å². The van der Waals surface area contributed by atoms with Gasteiger partial charge in [0.1, 0.15) is 45.8 Å². The van der Waals surface area contributed by atoms with Crippen LogP contribution in [-0.4, -0.2) is 61.6 Å². The minimum atomic E-state index is -0.896. The van der Waals surface area contributed by atoms with E-state index in [0.29, 0.717) is 11.1 Å². The van der Waals surface area contributed by atoms with Crippen molar-refractivity contribution in [3.8, 4) is 23.0 Å². The lowest BCUT2D eigenvalue weighted by molar-refractivity contribution is -0.122. The van der Waals surface area contributed by atoms with Gasteiger partial charge in [-0.1, -0.05) is 36.4 Å². The third-order valence-electron chi connectivity index (χ3n) is 8.46. The van der Waals surface area contributed by atoms with Crippen molar-refractivity contribution in [2.24, 2.45) is 0 Å². The third kappa shape index (κ3) is 10.5. The van der Waals surface area contributed by atoms with Crippen molar-refractivity contribution in [3.63, 3.8) is 0 Å². The molecule has 16 heteroatoms. The lowest BCUT2D eigenvalue weighted by Gasteiger charge is -2.27. The van der Waals surface area contributed by atoms with E-state index in [1.54, 1.807) is 88.4 Å². The molecule has 312 valence electrons. The number of benzene rings is 4. The molecule has 0 aromatic heterocycles. The second-order valence-corrected chi connectivity index (χ2v) is 12.8. The Kier molecular flexibility index (Phi) is 14.6. The van der Waals surface area contributed by atoms with Crippen molar-refractivity contribution < 1.29 is 47.7 Å². The van der Waals surface area contributed by atoms with Gasteiger partial charge in [0, 0.05) is 49.2 Å². The Bertz CT molecular complexity index is 2190. The smallest absolute Gasteiger partial charge is 0.255 e. The zero-order valence-electron chi connectivity index (χ0n) is 34.0. The highest BCUT2D eigenvalue weighted by atomic mass is 16.5. The largest absolute Gasteiger partial charge is 0.492 e. The fraction of sp³-hybridized carbons (Fsp3) is 0.227. The highest BCUT2D eigenvalue weighted by molar-refractivity contribution is 6.28. The second kappa shape index (κ2) is 20.2. The van der Waals surface area contributed by atoms with E-state index in [9.17, 15) is 28.8 Å². The average molecular weight is 819 g/mol. The Labute approximate surface area is 346 Å². The molecule has 16 nitrogen and oxygen atoms in total. The van der Waals surface area contributed by atoms with Crippen molar-refractivity contribution in [3.05, 3.63) is 119 Å². The maximum absolute atomic E-state index is 14.6. The Morgan fingerprint density at radius 3 is 1.03 bits per heavy atom. The summed E-state index contributed by atoms with van der Waals surface area (Å²) in [6.07, 6.45) is 0. The summed E-state index contributed by atoms with van der Waals surface area (Å²) in [7, 11) is 0. The first kappa shape index (κ1) is 43.5. The molecule has 0 saturated heterocycles. The van der Waals surface area contributed by atoms with E-state index >= 15 is 0 Å². The summed E-state index contributed by atoms with van der Waals surface area (Å²) in [5.41, 5.74) is -0.170. The van der Waals surface area contributed by atoms with E-state index in [1.165, 1.54) is 24.3 Å². The van der Waals surface area contributed by atoms with E-state index in [-0.39, 0.29) is 72.2 Å². The van der Waals surface area contributed by atoms with Crippen molar-refractivity contribution in [2.75, 3.05) is 47.7 Å². The third-order valence-corrected chi connectivity index (χ3v) is 8.46. The molecule has 0 fully saturated rings. The van der Waals surface area contributed by atoms with Gasteiger partial charge >= 0.3 is 0 Å². The van der Waals surface area contributed by atoms with Crippen molar-refractivity contribution >= 4 is 57.9 Å². The highest BCUT2D eigenvalue weighted by Crippen LogP contribution is 2.41. The first-order valence-corrected chi connectivity index (χ1v) is 19.2. The van der Waals surface area contributed by atoms with Gasteiger partial charge in [-0.05, 0) is 52.0 Å². The van der Waals surface area contributed by atoms with Gasteiger partial charge in [-0.2, -0.15) is 0 Å². The number of ketones is 2. The predicted octanol–water partition coefficient (Wildman–Crippen LogP) is 6.16. The van der Waals surface area contributed by atoms with Crippen LogP contribution < -0.4 is 50.8 Å². The molecule has 4 aromatic rings. The summed E-state index contributed by atoms with van der Waals surface area (Å²) >= 11 is 0. The minimum Gasteiger partial charge on any atom is -0.492 e. The molecule has 0 aliphatic heterocycles. The van der Waals surface area contributed by atoms with Crippen LogP contribution in [0.1, 0.15) is 62.3 Å². The monoisotopic (exact) mass is 818 g/mol. The summed E-state index contributed by atoms with van der Waals surface area (Å²) in [6.45, 7) is 9.97. The Morgan fingerprint density at radius 1 is 0.433 bits per heavy atom. The molecule has 4 amide bonds. The molecule has 6 N–H and O–H groups in total. The molecule has 0 bridgehead atoms. The minimum absolute atomic E-state index is 0.128. The number of Topliss-reactive ketones (excluding diaryl/α,β-unsaturated/α-hetero) is 2. The Morgan fingerprint density at radius 2 is 0.733 bits per heavy atom. The van der Waals surface area contributed by atoms with E-state index in [2.05, 4.69) is 31.9 Å². The number of hydrogen-bond acceptors (Lipinski definition) is 12. The van der Waals surface area contributed by atoms with Crippen LogP contribution in [0, 0.1) is 0 Å². The molecule has 0 unspecified atom stereocenters. The number of rotatable bonds is 18. The number of nitrogens with one attached hydrogen (secondary N) is 6. The first-order chi connectivity index (χ1) is 28.9. The average Bonchev–Trinajstić information content (AvgIpc) is 3.22. The van der Waals surface area contributed by atoms with Crippen LogP contribution in [0.25, 0.3) is 0 Å². The summed E-state index contributed by atoms with van der Waals surface area (Å²) < 4.78 is 23.6. The summed E-state index contributed by atoms with van der Waals surface area (Å²) in [5.74, 6) is -3.29. The maximum atomic E-state index is 14.6. The molecule has 1 aliphatic carbocycles. The molecule has 0 atom stereocenters. The van der Waals surface area contributed by atoms with Gasteiger partial charge in [-0.25, -0.2) is 0 Å². The number of hydrogen-bond donors (Lipinski definition) is 6. The van der Waals surface area contributed by atoms with Crippen LogP contribution in [0.5, 0.6) is 23.0 Å². The number of anilines is 4. The van der Waals surface area contributed by atoms with Gasteiger partial charge in [0.2, 0.25) is 23.4 Å². The molecule has 5 rings (SSSR count). The number of carbonyl (C=O) groups is 6. The van der Waals surface area contributed by atoms with Crippen molar-refractivity contribution in [1.29, 1.82) is 0 Å². The lowest BCUT2D eigenvalue weighted by atomic mass is 9.97. The number of ether oxygens (including phenoxy) is 4. The lowest BCUT2D eigenvalue weighted by Crippen LogP contribution is -2.42. The van der Waals surface area contributed by atoms with Gasteiger partial charge in [0.15, 0.2) is 0 Å². The van der Waals surface area contributed by atoms with Crippen LogP contribution in [0.3, 0.4) is 0 Å². The number of carbonyl (C=O) groups excluding carboxylic acids is 6. The maximum Gasteiger partial charge on any atom is 0.255 e. The van der Waals surface area contributed by atoms with Gasteiger partial charge in [-0.15, -0.1) is 0 Å². The van der Waals surface area contributed by atoms with Crippen LogP contribution in [0.15, 0.2) is 108 Å². The molecule has 1 aliphatic rings. The number of amides is 4. The van der Waals surface area contributed by atoms with Crippen LogP contribution >= 0.6 is 0 Å². The highest BCUT2D eigenvalue weighted by Gasteiger charge is 2.38. The standard InChI is InChI=1S/C44H46N6O10/c1-7-57-33-23-31(49-43(55)27-17-13-11-14-18-27)35(59-9-3)21-29(33)47-39-37(45-25(5)51)42(54)40(38(41(39)53)46-26(6)52)48-30-22-36(60-10-4)32(24-34(30)58-8-2)50-44(56)28-19-15-12-16-20-28/h11-24,47-48H,7-10H2,1-6H3,(H,45,51)(H,46,52)(H,49,55)(H,50,56). The quantitative estimate of drug-likeness (QED) is 0.0624. The van der Waals surface area contributed by atoms with Crippen LogP contribution in [-0.2, 0) is 19.2 Å². The Hall–Kier alpha value is -7.62. The molecule has 0 heterocycles. The van der Waals surface area contributed by atoms with E-state index in [4.69, 9.17) is 18.9 Å². The SMILES string of the molecule is CCOc1cc(NC2=C(NC(C)=O)C(=O)C(Nc3cc(OCC)c(NC(=O)c4ccccc4)cc3OCC)=C(NC(C)=O)C2=O)c(OCC)cc1NC(=O)c1ccccc1. The van der Waals surface area contributed by atoms with Crippen molar-refractivity contribution in [2.45, 2.75) is 41.5 Å². The molecule has 60 heavy (non-hydrogen) atoms. The van der Waals surface area contributed by atoms with E-state index in [0.717, 1.165) is 13.8 Å². The summed E-state index contributed by atoms with van der Waals surface area (Å²) in [5, 5.41) is 16.5. The molecule has 0 spiro atoms. The van der Waals surface area contributed by atoms with Gasteiger partial charge in [0.05, 0.1) is 49.2 Å².